The first-order valence-electron chi connectivity index (χ1n) is 8.78. The van der Waals surface area contributed by atoms with Gasteiger partial charge in [0.15, 0.2) is 11.5 Å². The van der Waals surface area contributed by atoms with Gasteiger partial charge in [-0.15, -0.1) is 6.58 Å². The Kier molecular flexibility index (Phi) is 4.93. The number of benzene rings is 1. The van der Waals surface area contributed by atoms with E-state index in [1.807, 2.05) is 12.1 Å². The largest absolute Gasteiger partial charge is 0.493 e. The number of amides is 1. The number of likely N-dealkylation sites (tertiary alicyclic amines) is 1. The van der Waals surface area contributed by atoms with E-state index in [2.05, 4.69) is 25.6 Å². The van der Waals surface area contributed by atoms with E-state index >= 15 is 0 Å². The predicted molar refractivity (Wildman–Crippen MR) is 96.2 cm³/mol. The first kappa shape index (κ1) is 17.6. The van der Waals surface area contributed by atoms with Gasteiger partial charge >= 0.3 is 6.09 Å². The van der Waals surface area contributed by atoms with Crippen LogP contribution in [-0.4, -0.2) is 44.9 Å². The van der Waals surface area contributed by atoms with E-state index in [9.17, 15) is 4.79 Å². The Bertz CT molecular complexity index is 655. The third-order valence-electron chi connectivity index (χ3n) is 5.39. The molecular formula is C20H27NO4. The molecule has 1 saturated heterocycles. The lowest BCUT2D eigenvalue weighted by Gasteiger charge is -2.27. The van der Waals surface area contributed by atoms with Crippen molar-refractivity contribution in [2.24, 2.45) is 11.3 Å². The van der Waals surface area contributed by atoms with Crippen LogP contribution in [0.3, 0.4) is 0 Å². The maximum atomic E-state index is 12.0. The van der Waals surface area contributed by atoms with Gasteiger partial charge in [-0.25, -0.2) is 4.79 Å². The molecule has 1 aliphatic heterocycles. The van der Waals surface area contributed by atoms with Gasteiger partial charge in [0.05, 0.1) is 20.8 Å². The van der Waals surface area contributed by atoms with E-state index in [0.717, 1.165) is 23.7 Å². The summed E-state index contributed by atoms with van der Waals surface area (Å²) in [4.78, 5) is 13.7. The van der Waals surface area contributed by atoms with E-state index < -0.39 is 0 Å². The van der Waals surface area contributed by atoms with Crippen LogP contribution >= 0.6 is 0 Å². The fourth-order valence-electron chi connectivity index (χ4n) is 3.49. The summed E-state index contributed by atoms with van der Waals surface area (Å²) in [7, 11) is 3.07. The average Bonchev–Trinajstić information content (AvgIpc) is 3.40. The molecule has 25 heavy (non-hydrogen) atoms. The molecule has 1 amide bonds. The van der Waals surface area contributed by atoms with Crippen molar-refractivity contribution >= 4 is 6.09 Å². The van der Waals surface area contributed by atoms with Gasteiger partial charge in [-0.1, -0.05) is 19.1 Å². The molecule has 1 aliphatic carbocycles. The van der Waals surface area contributed by atoms with Crippen molar-refractivity contribution in [3.63, 3.8) is 0 Å². The van der Waals surface area contributed by atoms with Crippen LogP contribution in [-0.2, 0) is 4.74 Å². The van der Waals surface area contributed by atoms with Gasteiger partial charge in [0.2, 0.25) is 0 Å². The van der Waals surface area contributed by atoms with Crippen LogP contribution in [0.25, 0.3) is 0 Å². The first-order valence-corrected chi connectivity index (χ1v) is 8.78. The lowest BCUT2D eigenvalue weighted by atomic mass is 9.76. The molecule has 5 heteroatoms. The van der Waals surface area contributed by atoms with Crippen LogP contribution < -0.4 is 9.47 Å². The third-order valence-corrected chi connectivity index (χ3v) is 5.39. The normalized spacial score (nSPS) is 25.6. The molecule has 5 nitrogen and oxygen atoms in total. The number of nitrogens with zero attached hydrogens (tertiary/aromatic N) is 1. The second-order valence-electron chi connectivity index (χ2n) is 7.28. The molecule has 1 heterocycles. The molecule has 136 valence electrons. The maximum absolute atomic E-state index is 12.0. The summed E-state index contributed by atoms with van der Waals surface area (Å²) in [5.41, 5.74) is 0.914. The number of methoxy groups -OCH3 is 2. The van der Waals surface area contributed by atoms with Gasteiger partial charge in [0, 0.05) is 24.4 Å². The zero-order chi connectivity index (χ0) is 18.0. The van der Waals surface area contributed by atoms with Gasteiger partial charge in [-0.2, -0.15) is 0 Å². The molecule has 2 atom stereocenters. The Morgan fingerprint density at radius 1 is 1.36 bits per heavy atom. The van der Waals surface area contributed by atoms with E-state index in [0.29, 0.717) is 19.0 Å². The number of hydrogen-bond donors (Lipinski definition) is 0. The van der Waals surface area contributed by atoms with Crippen LogP contribution in [0, 0.1) is 11.3 Å². The Labute approximate surface area is 149 Å². The van der Waals surface area contributed by atoms with Gasteiger partial charge in [-0.3, -0.25) is 0 Å². The van der Waals surface area contributed by atoms with Crippen molar-refractivity contribution in [3.8, 4) is 11.5 Å². The summed E-state index contributed by atoms with van der Waals surface area (Å²) in [6.07, 6.45) is 4.13. The summed E-state index contributed by atoms with van der Waals surface area (Å²) in [6.45, 7) is 8.06. The molecule has 0 bridgehead atoms. The quantitative estimate of drug-likeness (QED) is 0.735. The topological polar surface area (TPSA) is 48.0 Å². The molecule has 2 unspecified atom stereocenters. The number of ether oxygens (including phenoxy) is 3. The highest BCUT2D eigenvalue weighted by Gasteiger charge is 2.44. The monoisotopic (exact) mass is 345 g/mol. The molecule has 3 rings (SSSR count). The molecule has 2 aliphatic rings. The van der Waals surface area contributed by atoms with Gasteiger partial charge in [0.1, 0.15) is 0 Å². The summed E-state index contributed by atoms with van der Waals surface area (Å²) >= 11 is 0. The fraction of sp³-hybridized carbons (Fsp3) is 0.550. The maximum Gasteiger partial charge on any atom is 0.409 e. The molecule has 1 saturated carbocycles. The summed E-state index contributed by atoms with van der Waals surface area (Å²) in [5, 5.41) is 0. The highest BCUT2D eigenvalue weighted by atomic mass is 16.5. The second-order valence-corrected chi connectivity index (χ2v) is 7.28. The molecule has 1 aromatic rings. The lowest BCUT2D eigenvalue weighted by Crippen LogP contribution is -2.30. The predicted octanol–water partition coefficient (Wildman–Crippen LogP) is 3.84. The molecule has 0 radical (unpaired) electrons. The van der Waals surface area contributed by atoms with Gasteiger partial charge in [-0.05, 0) is 36.5 Å². The van der Waals surface area contributed by atoms with Crippen molar-refractivity contribution in [3.05, 3.63) is 36.4 Å². The van der Waals surface area contributed by atoms with Crippen LogP contribution in [0.1, 0.15) is 31.2 Å². The number of hydrogen-bond acceptors (Lipinski definition) is 4. The Balaban J connectivity index is 1.86. The Morgan fingerprint density at radius 2 is 2.12 bits per heavy atom. The van der Waals surface area contributed by atoms with Crippen molar-refractivity contribution in [2.75, 3.05) is 33.9 Å². The van der Waals surface area contributed by atoms with Crippen LogP contribution in [0.5, 0.6) is 11.5 Å². The zero-order valence-electron chi connectivity index (χ0n) is 15.3. The van der Waals surface area contributed by atoms with E-state index in [1.54, 1.807) is 12.0 Å². The van der Waals surface area contributed by atoms with E-state index in [-0.39, 0.29) is 17.4 Å². The highest BCUT2D eigenvalue weighted by molar-refractivity contribution is 5.68. The van der Waals surface area contributed by atoms with Crippen molar-refractivity contribution < 1.29 is 19.0 Å². The summed E-state index contributed by atoms with van der Waals surface area (Å²) < 4.78 is 16.3. The summed E-state index contributed by atoms with van der Waals surface area (Å²) in [5.74, 6) is 2.33. The first-order chi connectivity index (χ1) is 12.0. The average molecular weight is 345 g/mol. The zero-order valence-corrected chi connectivity index (χ0v) is 15.3. The van der Waals surface area contributed by atoms with E-state index in [1.165, 1.54) is 20.0 Å². The Hall–Kier alpha value is -2.17. The molecular weight excluding hydrogens is 318 g/mol. The molecule has 1 aromatic carbocycles. The minimum Gasteiger partial charge on any atom is -0.493 e. The number of rotatable bonds is 6. The Morgan fingerprint density at radius 3 is 2.72 bits per heavy atom. The SMILES string of the molecule is C=CC1(C)CN(C(=O)OC)CC1c1ccc(OC)c(OCC2CC2)c1. The van der Waals surface area contributed by atoms with Crippen LogP contribution in [0.4, 0.5) is 4.79 Å². The minimum atomic E-state index is -0.297. The number of carbonyl (C=O) groups excluding carboxylic acids is 1. The van der Waals surface area contributed by atoms with Gasteiger partial charge in [0.25, 0.3) is 0 Å². The molecule has 2 fully saturated rings. The molecule has 0 aromatic heterocycles. The second kappa shape index (κ2) is 6.98. The molecule has 0 N–H and O–H groups in total. The summed E-state index contributed by atoms with van der Waals surface area (Å²) in [6, 6.07) is 6.05. The van der Waals surface area contributed by atoms with E-state index in [4.69, 9.17) is 14.2 Å². The fourth-order valence-corrected chi connectivity index (χ4v) is 3.49. The van der Waals surface area contributed by atoms with Crippen molar-refractivity contribution in [1.82, 2.24) is 4.90 Å². The smallest absolute Gasteiger partial charge is 0.409 e. The van der Waals surface area contributed by atoms with Crippen LogP contribution in [0.2, 0.25) is 0 Å². The van der Waals surface area contributed by atoms with Crippen molar-refractivity contribution in [1.29, 1.82) is 0 Å². The minimum absolute atomic E-state index is 0.137. The van der Waals surface area contributed by atoms with Gasteiger partial charge < -0.3 is 19.1 Å². The third kappa shape index (κ3) is 3.60. The standard InChI is InChI=1S/C20H27NO4/c1-5-20(2)13-21(19(22)24-4)11-16(20)15-8-9-17(23-3)18(10-15)25-12-14-6-7-14/h5,8-10,14,16H,1,6-7,11-13H2,2-4H3. The van der Waals surface area contributed by atoms with Crippen LogP contribution in [0.15, 0.2) is 30.9 Å². The molecule has 0 spiro atoms. The highest BCUT2D eigenvalue weighted by Crippen LogP contribution is 2.45. The lowest BCUT2D eigenvalue weighted by molar-refractivity contribution is 0.130. The van der Waals surface area contributed by atoms with Crippen molar-refractivity contribution in [2.45, 2.75) is 25.7 Å². The number of carbonyl (C=O) groups is 1.